The molecular formula is C52H33N5O. The van der Waals surface area contributed by atoms with Crippen molar-refractivity contribution < 1.29 is 4.42 Å². The van der Waals surface area contributed by atoms with E-state index in [2.05, 4.69) is 144 Å². The summed E-state index contributed by atoms with van der Waals surface area (Å²) >= 11 is 0. The van der Waals surface area contributed by atoms with E-state index in [9.17, 15) is 0 Å². The second-order valence-electron chi connectivity index (χ2n) is 14.3. The first-order valence-electron chi connectivity index (χ1n) is 19.3. The van der Waals surface area contributed by atoms with Gasteiger partial charge in [-0.05, 0) is 75.8 Å². The Morgan fingerprint density at radius 3 is 1.48 bits per heavy atom. The molecule has 0 atom stereocenters. The van der Waals surface area contributed by atoms with Gasteiger partial charge in [0.25, 0.3) is 0 Å². The van der Waals surface area contributed by atoms with Crippen molar-refractivity contribution in [2.24, 2.45) is 0 Å². The van der Waals surface area contributed by atoms with Crippen LogP contribution in [-0.4, -0.2) is 24.5 Å². The Balaban J connectivity index is 0.966. The van der Waals surface area contributed by atoms with E-state index in [0.717, 1.165) is 77.4 Å². The van der Waals surface area contributed by atoms with Gasteiger partial charge >= 0.3 is 6.01 Å². The summed E-state index contributed by atoms with van der Waals surface area (Å²) in [5.74, 6) is 1.88. The number of aromatic nitrogens is 5. The van der Waals surface area contributed by atoms with Crippen LogP contribution in [0.5, 0.6) is 0 Å². The van der Waals surface area contributed by atoms with Gasteiger partial charge in [0, 0.05) is 27.5 Å². The van der Waals surface area contributed by atoms with Crippen molar-refractivity contribution in [1.82, 2.24) is 24.5 Å². The highest BCUT2D eigenvalue weighted by atomic mass is 16.4. The highest BCUT2D eigenvalue weighted by molar-refractivity contribution is 6.10. The average Bonchev–Trinajstić information content (AvgIpc) is 3.88. The van der Waals surface area contributed by atoms with Crippen LogP contribution in [0.3, 0.4) is 0 Å². The molecule has 0 amide bonds. The van der Waals surface area contributed by atoms with Crippen molar-refractivity contribution in [3.63, 3.8) is 0 Å². The summed E-state index contributed by atoms with van der Waals surface area (Å²) in [6.07, 6.45) is 0. The highest BCUT2D eigenvalue weighted by Gasteiger charge is 2.18. The quantitative estimate of drug-likeness (QED) is 0.163. The van der Waals surface area contributed by atoms with Crippen LogP contribution in [0.1, 0.15) is 0 Å². The van der Waals surface area contributed by atoms with Crippen LogP contribution in [0.15, 0.2) is 205 Å². The fourth-order valence-corrected chi connectivity index (χ4v) is 7.82. The lowest BCUT2D eigenvalue weighted by molar-refractivity contribution is 0.574. The van der Waals surface area contributed by atoms with Crippen LogP contribution < -0.4 is 0 Å². The van der Waals surface area contributed by atoms with E-state index < -0.39 is 0 Å². The zero-order chi connectivity index (χ0) is 38.4. The molecule has 0 saturated carbocycles. The molecule has 6 heteroatoms. The maximum absolute atomic E-state index is 6.27. The van der Waals surface area contributed by atoms with E-state index in [1.54, 1.807) is 0 Å². The Hall–Kier alpha value is -7.96. The molecule has 0 aliphatic rings. The summed E-state index contributed by atoms with van der Waals surface area (Å²) in [5, 5.41) is 2.28. The summed E-state index contributed by atoms with van der Waals surface area (Å²) in [4.78, 5) is 19.9. The molecular weight excluding hydrogens is 711 g/mol. The number of oxazole rings is 1. The van der Waals surface area contributed by atoms with Crippen molar-refractivity contribution >= 4 is 32.9 Å². The van der Waals surface area contributed by atoms with E-state index in [1.165, 1.54) is 5.56 Å². The van der Waals surface area contributed by atoms with Gasteiger partial charge in [0.15, 0.2) is 23.1 Å². The average molecular weight is 744 g/mol. The lowest BCUT2D eigenvalue weighted by Crippen LogP contribution is -2.00. The number of rotatable bonds is 7. The van der Waals surface area contributed by atoms with Crippen molar-refractivity contribution in [3.05, 3.63) is 200 Å². The van der Waals surface area contributed by atoms with Gasteiger partial charge in [-0.3, -0.25) is 4.57 Å². The lowest BCUT2D eigenvalue weighted by Gasteiger charge is -2.11. The van der Waals surface area contributed by atoms with E-state index >= 15 is 0 Å². The monoisotopic (exact) mass is 743 g/mol. The summed E-state index contributed by atoms with van der Waals surface area (Å²) in [7, 11) is 0. The second kappa shape index (κ2) is 14.0. The number of benzene rings is 8. The van der Waals surface area contributed by atoms with E-state index in [-0.39, 0.29) is 0 Å². The lowest BCUT2D eigenvalue weighted by atomic mass is 9.97. The minimum atomic E-state index is 0.559. The van der Waals surface area contributed by atoms with Gasteiger partial charge in [0.1, 0.15) is 5.52 Å². The number of nitrogens with zero attached hydrogens (tertiary/aromatic N) is 5. The SMILES string of the molecule is c1ccc(-c2ccc(-c3nc(-c4ccccc4)nc(-c4cccc(-c5cccc(-c6ccc7c(c6)c6ccccc6n7-c6nc7ccccc7o6)c5)c4)n3)cc2)cc1. The zero-order valence-corrected chi connectivity index (χ0v) is 31.2. The summed E-state index contributed by atoms with van der Waals surface area (Å²) in [6, 6.07) is 69.5. The van der Waals surface area contributed by atoms with Crippen LogP contribution in [-0.2, 0) is 0 Å². The zero-order valence-electron chi connectivity index (χ0n) is 31.2. The second-order valence-corrected chi connectivity index (χ2v) is 14.3. The minimum Gasteiger partial charge on any atom is -0.423 e. The fourth-order valence-electron chi connectivity index (χ4n) is 7.82. The summed E-state index contributed by atoms with van der Waals surface area (Å²) in [6.45, 7) is 0. The van der Waals surface area contributed by atoms with Gasteiger partial charge in [0.2, 0.25) is 0 Å². The summed E-state index contributed by atoms with van der Waals surface area (Å²) in [5.41, 5.74) is 13.2. The Morgan fingerprint density at radius 1 is 0.310 bits per heavy atom. The molecule has 0 saturated heterocycles. The molecule has 11 aromatic rings. The van der Waals surface area contributed by atoms with Crippen molar-refractivity contribution in [2.45, 2.75) is 0 Å². The first-order valence-corrected chi connectivity index (χ1v) is 19.3. The molecule has 0 spiro atoms. The molecule has 0 fully saturated rings. The van der Waals surface area contributed by atoms with Gasteiger partial charge in [-0.25, -0.2) is 15.0 Å². The molecule has 0 unspecified atom stereocenters. The van der Waals surface area contributed by atoms with Crippen LogP contribution in [0.25, 0.3) is 106 Å². The Kier molecular flexibility index (Phi) is 8.04. The maximum atomic E-state index is 6.27. The van der Waals surface area contributed by atoms with E-state index in [0.29, 0.717) is 23.5 Å². The molecule has 0 aliphatic heterocycles. The number of hydrogen-bond donors (Lipinski definition) is 0. The fraction of sp³-hybridized carbons (Fsp3) is 0. The van der Waals surface area contributed by atoms with Crippen LogP contribution in [0, 0.1) is 0 Å². The summed E-state index contributed by atoms with van der Waals surface area (Å²) < 4.78 is 8.38. The smallest absolute Gasteiger partial charge is 0.307 e. The maximum Gasteiger partial charge on any atom is 0.307 e. The predicted molar refractivity (Wildman–Crippen MR) is 234 cm³/mol. The van der Waals surface area contributed by atoms with Crippen LogP contribution in [0.4, 0.5) is 0 Å². The highest BCUT2D eigenvalue weighted by Crippen LogP contribution is 2.37. The first kappa shape index (κ1) is 33.4. The Labute approximate surface area is 334 Å². The van der Waals surface area contributed by atoms with Crippen molar-refractivity contribution in [3.8, 4) is 73.6 Å². The van der Waals surface area contributed by atoms with Crippen LogP contribution >= 0.6 is 0 Å². The molecule has 0 radical (unpaired) electrons. The van der Waals surface area contributed by atoms with Crippen molar-refractivity contribution in [2.75, 3.05) is 0 Å². The third kappa shape index (κ3) is 6.01. The molecule has 3 heterocycles. The van der Waals surface area contributed by atoms with Gasteiger partial charge in [-0.2, -0.15) is 4.98 Å². The molecule has 272 valence electrons. The molecule has 11 rings (SSSR count). The molecule has 0 bridgehead atoms. The van der Waals surface area contributed by atoms with Crippen LogP contribution in [0.2, 0.25) is 0 Å². The first-order chi connectivity index (χ1) is 28.7. The minimum absolute atomic E-state index is 0.559. The largest absolute Gasteiger partial charge is 0.423 e. The normalized spacial score (nSPS) is 11.4. The molecule has 58 heavy (non-hydrogen) atoms. The van der Waals surface area contributed by atoms with Crippen molar-refractivity contribution in [1.29, 1.82) is 0 Å². The van der Waals surface area contributed by atoms with E-state index in [1.807, 2.05) is 60.7 Å². The van der Waals surface area contributed by atoms with E-state index in [4.69, 9.17) is 24.4 Å². The predicted octanol–water partition coefficient (Wildman–Crippen LogP) is 13.1. The third-order valence-corrected chi connectivity index (χ3v) is 10.7. The molecule has 3 aromatic heterocycles. The number of hydrogen-bond acceptors (Lipinski definition) is 5. The van der Waals surface area contributed by atoms with Gasteiger partial charge in [-0.15, -0.1) is 0 Å². The molecule has 0 aliphatic carbocycles. The molecule has 0 N–H and O–H groups in total. The standard InChI is InChI=1S/C52H33N5O/c1-3-13-34(14-4-1)35-25-27-37(28-26-35)50-54-49(36-15-5-2-6-16-36)55-51(56-50)42-20-12-19-40(32-42)38-17-11-18-39(31-38)41-29-30-47-44(33-41)43-21-7-9-23-46(43)57(47)52-53-45-22-8-10-24-48(45)58-52/h1-33H. The third-order valence-electron chi connectivity index (χ3n) is 10.7. The Morgan fingerprint density at radius 2 is 0.776 bits per heavy atom. The topological polar surface area (TPSA) is 69.6 Å². The number of para-hydroxylation sites is 3. The molecule has 8 aromatic carbocycles. The van der Waals surface area contributed by atoms with Gasteiger partial charge in [-0.1, -0.05) is 158 Å². The number of fused-ring (bicyclic) bond motifs is 4. The van der Waals surface area contributed by atoms with Gasteiger partial charge in [0.05, 0.1) is 11.0 Å². The Bertz CT molecular complexity index is 3240. The van der Waals surface area contributed by atoms with Gasteiger partial charge < -0.3 is 4.42 Å². The molecule has 6 nitrogen and oxygen atoms in total.